The number of carbonyl (C=O) groups is 1. The predicted molar refractivity (Wildman–Crippen MR) is 47.5 cm³/mol. The van der Waals surface area contributed by atoms with Crippen molar-refractivity contribution in [3.05, 3.63) is 24.0 Å². The lowest BCUT2D eigenvalue weighted by molar-refractivity contribution is -0.133. The number of esters is 1. The van der Waals surface area contributed by atoms with Crippen LogP contribution in [0.25, 0.3) is 0 Å². The van der Waals surface area contributed by atoms with Crippen LogP contribution in [0.4, 0.5) is 5.69 Å². The summed E-state index contributed by atoms with van der Waals surface area (Å²) in [6.45, 7) is 0. The minimum absolute atomic E-state index is 0.443. The lowest BCUT2D eigenvalue weighted by Gasteiger charge is -1.93. The molecule has 4 nitrogen and oxygen atoms in total. The number of nitrogens with zero attached hydrogens (tertiary/aromatic N) is 1. The number of anilines is 1. The molecule has 0 amide bonds. The lowest BCUT2D eigenvalue weighted by Crippen LogP contribution is -1.96. The van der Waals surface area contributed by atoms with Crippen LogP contribution in [0.3, 0.4) is 0 Å². The molecule has 0 radical (unpaired) electrons. The third-order valence-electron chi connectivity index (χ3n) is 1.34. The number of aromatic nitrogens is 1. The van der Waals surface area contributed by atoms with Crippen LogP contribution in [-0.2, 0) is 9.53 Å². The summed E-state index contributed by atoms with van der Waals surface area (Å²) < 4.78 is 4.34. The van der Waals surface area contributed by atoms with Gasteiger partial charge in [0.25, 0.3) is 0 Å². The number of rotatable bonds is 0. The number of hydrogen-bond donors (Lipinski definition) is 1. The van der Waals surface area contributed by atoms with Gasteiger partial charge < -0.3 is 10.5 Å². The van der Waals surface area contributed by atoms with Crippen LogP contribution in [-0.4, -0.2) is 18.1 Å². The van der Waals surface area contributed by atoms with E-state index >= 15 is 0 Å². The van der Waals surface area contributed by atoms with E-state index in [-0.39, 0.29) is 0 Å². The van der Waals surface area contributed by atoms with E-state index in [2.05, 4.69) is 21.6 Å². The maximum absolute atomic E-state index is 10.6. The molecule has 0 unspecified atom stereocenters. The Balaban J connectivity index is 2.89. The molecule has 1 aromatic heterocycles. The van der Waals surface area contributed by atoms with Gasteiger partial charge in [-0.15, -0.1) is 0 Å². The molecule has 0 saturated carbocycles. The van der Waals surface area contributed by atoms with Crippen molar-refractivity contribution in [3.8, 4) is 11.8 Å². The molecule has 4 heteroatoms. The summed E-state index contributed by atoms with van der Waals surface area (Å²) in [5, 5.41) is 0. The van der Waals surface area contributed by atoms with E-state index in [0.717, 1.165) is 0 Å². The Morgan fingerprint density at radius 2 is 2.46 bits per heavy atom. The largest absolute Gasteiger partial charge is 0.459 e. The van der Waals surface area contributed by atoms with Crippen molar-refractivity contribution < 1.29 is 9.53 Å². The Morgan fingerprint density at radius 3 is 3.08 bits per heavy atom. The van der Waals surface area contributed by atoms with Crippen LogP contribution in [0.15, 0.2) is 18.5 Å². The Kier molecular flexibility index (Phi) is 2.87. The van der Waals surface area contributed by atoms with Crippen LogP contribution < -0.4 is 5.73 Å². The van der Waals surface area contributed by atoms with Gasteiger partial charge in [-0.2, -0.15) is 0 Å². The van der Waals surface area contributed by atoms with Gasteiger partial charge in [-0.3, -0.25) is 4.98 Å². The second-order valence-corrected chi connectivity index (χ2v) is 2.20. The zero-order chi connectivity index (χ0) is 9.68. The van der Waals surface area contributed by atoms with Crippen molar-refractivity contribution in [3.63, 3.8) is 0 Å². The van der Waals surface area contributed by atoms with Crippen LogP contribution >= 0.6 is 0 Å². The van der Waals surface area contributed by atoms with Crippen molar-refractivity contribution >= 4 is 11.7 Å². The Hall–Kier alpha value is -2.02. The Morgan fingerprint density at radius 1 is 1.69 bits per heavy atom. The normalized spacial score (nSPS) is 8.38. The van der Waals surface area contributed by atoms with Gasteiger partial charge in [0, 0.05) is 12.1 Å². The molecule has 0 atom stereocenters. The monoisotopic (exact) mass is 176 g/mol. The maximum atomic E-state index is 10.6. The highest BCUT2D eigenvalue weighted by molar-refractivity contribution is 5.89. The smallest absolute Gasteiger partial charge is 0.384 e. The average molecular weight is 176 g/mol. The highest BCUT2D eigenvalue weighted by atomic mass is 16.5. The number of pyridine rings is 1. The van der Waals surface area contributed by atoms with Crippen LogP contribution in [0.5, 0.6) is 0 Å². The molecule has 0 bridgehead atoms. The SMILES string of the molecule is COC(=O)C#Cc1ccncc1N. The van der Waals surface area contributed by atoms with Gasteiger partial charge in [-0.1, -0.05) is 5.92 Å². The molecule has 1 heterocycles. The maximum Gasteiger partial charge on any atom is 0.384 e. The first-order valence-corrected chi connectivity index (χ1v) is 3.53. The summed E-state index contributed by atoms with van der Waals surface area (Å²) in [5.41, 5.74) is 6.54. The fourth-order valence-corrected chi connectivity index (χ4v) is 0.690. The topological polar surface area (TPSA) is 65.2 Å². The standard InChI is InChI=1S/C9H8N2O2/c1-13-9(12)3-2-7-4-5-11-6-8(7)10/h4-6H,10H2,1H3. The molecule has 66 valence electrons. The summed E-state index contributed by atoms with van der Waals surface area (Å²) in [6, 6.07) is 1.63. The average Bonchev–Trinajstić information content (AvgIpc) is 2.16. The molecule has 0 fully saturated rings. The number of methoxy groups -OCH3 is 1. The molecule has 13 heavy (non-hydrogen) atoms. The lowest BCUT2D eigenvalue weighted by atomic mass is 10.2. The van der Waals surface area contributed by atoms with E-state index in [4.69, 9.17) is 5.73 Å². The zero-order valence-electron chi connectivity index (χ0n) is 7.07. The Bertz CT molecular complexity index is 377. The van der Waals surface area contributed by atoms with E-state index in [1.54, 1.807) is 12.3 Å². The van der Waals surface area contributed by atoms with Gasteiger partial charge in [-0.25, -0.2) is 4.79 Å². The molecule has 1 rings (SSSR count). The van der Waals surface area contributed by atoms with Crippen molar-refractivity contribution in [1.82, 2.24) is 4.98 Å². The molecule has 0 spiro atoms. The highest BCUT2D eigenvalue weighted by Crippen LogP contribution is 2.05. The first-order chi connectivity index (χ1) is 6.24. The van der Waals surface area contributed by atoms with Gasteiger partial charge in [-0.05, 0) is 6.07 Å². The van der Waals surface area contributed by atoms with E-state index in [9.17, 15) is 4.79 Å². The van der Waals surface area contributed by atoms with Gasteiger partial charge in [0.15, 0.2) is 0 Å². The van der Waals surface area contributed by atoms with E-state index in [0.29, 0.717) is 11.3 Å². The number of hydrogen-bond acceptors (Lipinski definition) is 4. The quantitative estimate of drug-likeness (QED) is 0.452. The van der Waals surface area contributed by atoms with Crippen LogP contribution in [0.2, 0.25) is 0 Å². The number of carbonyl (C=O) groups excluding carboxylic acids is 1. The molecule has 0 saturated heterocycles. The zero-order valence-corrected chi connectivity index (χ0v) is 7.07. The van der Waals surface area contributed by atoms with E-state index in [1.165, 1.54) is 13.3 Å². The van der Waals surface area contributed by atoms with Gasteiger partial charge in [0.05, 0.1) is 24.6 Å². The molecule has 0 aliphatic heterocycles. The van der Waals surface area contributed by atoms with Crippen molar-refractivity contribution in [2.45, 2.75) is 0 Å². The molecular weight excluding hydrogens is 168 g/mol. The molecule has 1 aromatic rings. The van der Waals surface area contributed by atoms with Crippen LogP contribution in [0.1, 0.15) is 5.56 Å². The molecule has 2 N–H and O–H groups in total. The third kappa shape index (κ3) is 2.49. The fourth-order valence-electron chi connectivity index (χ4n) is 0.690. The van der Waals surface area contributed by atoms with Crippen molar-refractivity contribution in [2.75, 3.05) is 12.8 Å². The van der Waals surface area contributed by atoms with E-state index in [1.807, 2.05) is 0 Å². The highest BCUT2D eigenvalue weighted by Gasteiger charge is 1.94. The summed E-state index contributed by atoms with van der Waals surface area (Å²) in [4.78, 5) is 14.4. The minimum atomic E-state index is -0.587. The van der Waals surface area contributed by atoms with Gasteiger partial charge in [0.2, 0.25) is 0 Å². The first kappa shape index (κ1) is 9.07. The summed E-state index contributed by atoms with van der Waals surface area (Å²) in [7, 11) is 1.27. The summed E-state index contributed by atoms with van der Waals surface area (Å²) in [6.07, 6.45) is 3.03. The predicted octanol–water partition coefficient (Wildman–Crippen LogP) is 0.188. The second-order valence-electron chi connectivity index (χ2n) is 2.20. The van der Waals surface area contributed by atoms with Crippen molar-refractivity contribution in [1.29, 1.82) is 0 Å². The van der Waals surface area contributed by atoms with E-state index < -0.39 is 5.97 Å². The second kappa shape index (κ2) is 4.12. The van der Waals surface area contributed by atoms with Crippen LogP contribution in [0, 0.1) is 11.8 Å². The summed E-state index contributed by atoms with van der Waals surface area (Å²) >= 11 is 0. The fraction of sp³-hybridized carbons (Fsp3) is 0.111. The molecule has 0 aromatic carbocycles. The third-order valence-corrected chi connectivity index (χ3v) is 1.34. The number of nitrogen functional groups attached to an aromatic ring is 1. The van der Waals surface area contributed by atoms with Gasteiger partial charge in [0.1, 0.15) is 0 Å². The van der Waals surface area contributed by atoms with Crippen molar-refractivity contribution in [2.24, 2.45) is 0 Å². The molecule has 0 aliphatic carbocycles. The minimum Gasteiger partial charge on any atom is -0.459 e. The molecule has 0 aliphatic rings. The van der Waals surface area contributed by atoms with Gasteiger partial charge >= 0.3 is 5.97 Å². The first-order valence-electron chi connectivity index (χ1n) is 3.53. The molecular formula is C9H8N2O2. The number of ether oxygens (including phenoxy) is 1. The Labute approximate surface area is 75.7 Å². The number of nitrogens with two attached hydrogens (primary N) is 1. The summed E-state index contributed by atoms with van der Waals surface area (Å²) in [5.74, 6) is 4.26.